The van der Waals surface area contributed by atoms with E-state index >= 15 is 0 Å². The Bertz CT molecular complexity index is 221. The van der Waals surface area contributed by atoms with Gasteiger partial charge in [0.1, 0.15) is 0 Å². The summed E-state index contributed by atoms with van der Waals surface area (Å²) >= 11 is 0. The SMILES string of the molecule is CCOCCC(=O)N1CC2CCNC2C1. The van der Waals surface area contributed by atoms with Gasteiger partial charge < -0.3 is 15.0 Å². The van der Waals surface area contributed by atoms with E-state index in [0.717, 1.165) is 19.6 Å². The molecule has 0 bridgehead atoms. The van der Waals surface area contributed by atoms with Crippen LogP contribution in [0.15, 0.2) is 0 Å². The molecule has 2 saturated heterocycles. The van der Waals surface area contributed by atoms with E-state index in [1.165, 1.54) is 6.42 Å². The monoisotopic (exact) mass is 212 g/mol. The van der Waals surface area contributed by atoms with Crippen LogP contribution in [0.4, 0.5) is 0 Å². The molecular weight excluding hydrogens is 192 g/mol. The second-order valence-corrected chi connectivity index (χ2v) is 4.36. The highest BCUT2D eigenvalue weighted by molar-refractivity contribution is 5.76. The Morgan fingerprint density at radius 3 is 3.13 bits per heavy atom. The van der Waals surface area contributed by atoms with Crippen LogP contribution in [0.5, 0.6) is 0 Å². The highest BCUT2D eigenvalue weighted by Gasteiger charge is 2.37. The summed E-state index contributed by atoms with van der Waals surface area (Å²) in [5, 5.41) is 3.45. The number of likely N-dealkylation sites (tertiary alicyclic amines) is 1. The van der Waals surface area contributed by atoms with Crippen molar-refractivity contribution < 1.29 is 9.53 Å². The number of hydrogen-bond acceptors (Lipinski definition) is 3. The molecule has 0 radical (unpaired) electrons. The molecule has 2 fully saturated rings. The first kappa shape index (κ1) is 10.9. The maximum atomic E-state index is 11.8. The van der Waals surface area contributed by atoms with E-state index in [-0.39, 0.29) is 5.91 Å². The Labute approximate surface area is 91.0 Å². The lowest BCUT2D eigenvalue weighted by Gasteiger charge is -2.17. The van der Waals surface area contributed by atoms with Crippen LogP contribution in [0.1, 0.15) is 19.8 Å². The highest BCUT2D eigenvalue weighted by Crippen LogP contribution is 2.24. The van der Waals surface area contributed by atoms with Crippen molar-refractivity contribution in [2.24, 2.45) is 5.92 Å². The summed E-state index contributed by atoms with van der Waals surface area (Å²) < 4.78 is 5.19. The number of hydrogen-bond donors (Lipinski definition) is 1. The fourth-order valence-corrected chi connectivity index (χ4v) is 2.51. The molecule has 1 amide bonds. The normalized spacial score (nSPS) is 29.5. The van der Waals surface area contributed by atoms with Gasteiger partial charge in [0, 0.05) is 25.7 Å². The van der Waals surface area contributed by atoms with Crippen molar-refractivity contribution in [3.63, 3.8) is 0 Å². The second-order valence-electron chi connectivity index (χ2n) is 4.36. The number of ether oxygens (including phenoxy) is 1. The molecule has 0 aromatic carbocycles. The molecule has 2 aliphatic heterocycles. The molecule has 0 aliphatic carbocycles. The lowest BCUT2D eigenvalue weighted by atomic mass is 10.1. The average Bonchev–Trinajstić information content (AvgIpc) is 2.76. The summed E-state index contributed by atoms with van der Waals surface area (Å²) in [5.74, 6) is 0.945. The van der Waals surface area contributed by atoms with Crippen LogP contribution >= 0.6 is 0 Å². The molecule has 4 nitrogen and oxygen atoms in total. The van der Waals surface area contributed by atoms with Gasteiger partial charge in [0.2, 0.25) is 5.91 Å². The minimum Gasteiger partial charge on any atom is -0.381 e. The van der Waals surface area contributed by atoms with Crippen molar-refractivity contribution in [3.05, 3.63) is 0 Å². The fraction of sp³-hybridized carbons (Fsp3) is 0.909. The standard InChI is InChI=1S/C11H20N2O2/c1-2-15-6-4-11(14)13-7-9-3-5-12-10(9)8-13/h9-10,12H,2-8H2,1H3. The highest BCUT2D eigenvalue weighted by atomic mass is 16.5. The average molecular weight is 212 g/mol. The van der Waals surface area contributed by atoms with Gasteiger partial charge in [0.05, 0.1) is 13.0 Å². The molecule has 2 rings (SSSR count). The minimum atomic E-state index is 0.250. The topological polar surface area (TPSA) is 41.6 Å². The molecule has 1 N–H and O–H groups in total. The minimum absolute atomic E-state index is 0.250. The van der Waals surface area contributed by atoms with Crippen LogP contribution in [-0.4, -0.2) is 49.7 Å². The maximum Gasteiger partial charge on any atom is 0.224 e. The Morgan fingerprint density at radius 1 is 1.53 bits per heavy atom. The Morgan fingerprint density at radius 2 is 2.40 bits per heavy atom. The predicted octanol–water partition coefficient (Wildman–Crippen LogP) is 0.233. The number of carbonyl (C=O) groups is 1. The molecule has 2 heterocycles. The van der Waals surface area contributed by atoms with Gasteiger partial charge in [0.15, 0.2) is 0 Å². The van der Waals surface area contributed by atoms with Crippen LogP contribution in [-0.2, 0) is 9.53 Å². The number of nitrogens with one attached hydrogen (secondary N) is 1. The summed E-state index contributed by atoms with van der Waals surface area (Å²) in [7, 11) is 0. The Hall–Kier alpha value is -0.610. The van der Waals surface area contributed by atoms with Crippen molar-refractivity contribution in [3.8, 4) is 0 Å². The fourth-order valence-electron chi connectivity index (χ4n) is 2.51. The molecule has 2 atom stereocenters. The van der Waals surface area contributed by atoms with Crippen LogP contribution < -0.4 is 5.32 Å². The van der Waals surface area contributed by atoms with Gasteiger partial charge in [-0.05, 0) is 25.8 Å². The smallest absolute Gasteiger partial charge is 0.224 e. The number of rotatable bonds is 4. The molecule has 0 aromatic rings. The van der Waals surface area contributed by atoms with Crippen molar-refractivity contribution in [1.29, 1.82) is 0 Å². The maximum absolute atomic E-state index is 11.8. The van der Waals surface area contributed by atoms with E-state index in [1.54, 1.807) is 0 Å². The molecule has 2 aliphatic rings. The Balaban J connectivity index is 1.73. The van der Waals surface area contributed by atoms with Gasteiger partial charge in [-0.15, -0.1) is 0 Å². The van der Waals surface area contributed by atoms with Gasteiger partial charge in [-0.2, -0.15) is 0 Å². The van der Waals surface area contributed by atoms with E-state index in [9.17, 15) is 4.79 Å². The third-order valence-corrected chi connectivity index (χ3v) is 3.38. The largest absolute Gasteiger partial charge is 0.381 e. The summed E-state index contributed by atoms with van der Waals surface area (Å²) in [6.45, 7) is 6.18. The molecule has 0 aromatic heterocycles. The van der Waals surface area contributed by atoms with Crippen molar-refractivity contribution >= 4 is 5.91 Å². The summed E-state index contributed by atoms with van der Waals surface area (Å²) in [6, 6.07) is 0.557. The first-order valence-corrected chi connectivity index (χ1v) is 5.90. The van der Waals surface area contributed by atoms with Crippen molar-refractivity contribution in [2.45, 2.75) is 25.8 Å². The van der Waals surface area contributed by atoms with Gasteiger partial charge in [0.25, 0.3) is 0 Å². The van der Waals surface area contributed by atoms with Crippen molar-refractivity contribution in [1.82, 2.24) is 10.2 Å². The summed E-state index contributed by atoms with van der Waals surface area (Å²) in [4.78, 5) is 13.8. The number of fused-ring (bicyclic) bond motifs is 1. The van der Waals surface area contributed by atoms with Crippen LogP contribution in [0, 0.1) is 5.92 Å². The third-order valence-electron chi connectivity index (χ3n) is 3.38. The van der Waals surface area contributed by atoms with Crippen LogP contribution in [0.3, 0.4) is 0 Å². The molecule has 4 heteroatoms. The van der Waals surface area contributed by atoms with Crippen LogP contribution in [0.25, 0.3) is 0 Å². The molecule has 0 spiro atoms. The summed E-state index contributed by atoms with van der Waals surface area (Å²) in [5.41, 5.74) is 0. The van der Waals surface area contributed by atoms with E-state index in [4.69, 9.17) is 4.74 Å². The first-order valence-electron chi connectivity index (χ1n) is 5.90. The lowest BCUT2D eigenvalue weighted by molar-refractivity contribution is -0.131. The molecular formula is C11H20N2O2. The molecule has 0 saturated carbocycles. The van der Waals surface area contributed by atoms with E-state index < -0.39 is 0 Å². The van der Waals surface area contributed by atoms with E-state index in [0.29, 0.717) is 31.6 Å². The van der Waals surface area contributed by atoms with E-state index in [1.807, 2.05) is 11.8 Å². The van der Waals surface area contributed by atoms with Gasteiger partial charge in [-0.1, -0.05) is 0 Å². The zero-order chi connectivity index (χ0) is 10.7. The van der Waals surface area contributed by atoms with Crippen LogP contribution in [0.2, 0.25) is 0 Å². The number of amides is 1. The number of carbonyl (C=O) groups excluding carboxylic acids is 1. The zero-order valence-electron chi connectivity index (χ0n) is 9.37. The van der Waals surface area contributed by atoms with Gasteiger partial charge in [-0.25, -0.2) is 0 Å². The first-order chi connectivity index (χ1) is 7.31. The lowest BCUT2D eigenvalue weighted by Crippen LogP contribution is -2.34. The Kier molecular flexibility index (Phi) is 3.59. The molecule has 15 heavy (non-hydrogen) atoms. The zero-order valence-corrected chi connectivity index (χ0v) is 9.37. The third kappa shape index (κ3) is 2.49. The molecule has 86 valence electrons. The quantitative estimate of drug-likeness (QED) is 0.678. The second kappa shape index (κ2) is 4.94. The van der Waals surface area contributed by atoms with Crippen molar-refractivity contribution in [2.75, 3.05) is 32.8 Å². The van der Waals surface area contributed by atoms with Gasteiger partial charge in [-0.3, -0.25) is 4.79 Å². The summed E-state index contributed by atoms with van der Waals surface area (Å²) in [6.07, 6.45) is 1.76. The molecule has 2 unspecified atom stereocenters. The predicted molar refractivity (Wildman–Crippen MR) is 57.6 cm³/mol. The van der Waals surface area contributed by atoms with E-state index in [2.05, 4.69) is 5.32 Å². The van der Waals surface area contributed by atoms with Gasteiger partial charge >= 0.3 is 0 Å². The number of nitrogens with zero attached hydrogens (tertiary/aromatic N) is 1.